The summed E-state index contributed by atoms with van der Waals surface area (Å²) < 4.78 is 5.08. The van der Waals surface area contributed by atoms with Gasteiger partial charge in [0, 0.05) is 12.1 Å². The molecule has 1 aromatic heterocycles. The first-order valence-electron chi connectivity index (χ1n) is 6.97. The van der Waals surface area contributed by atoms with Gasteiger partial charge in [0.25, 0.3) is 5.69 Å². The summed E-state index contributed by atoms with van der Waals surface area (Å²) in [5, 5.41) is 21.2. The van der Waals surface area contributed by atoms with Crippen molar-refractivity contribution in [3.05, 3.63) is 64.1 Å². The Balaban J connectivity index is 1.64. The number of carbonyl (C=O) groups is 1. The van der Waals surface area contributed by atoms with Crippen LogP contribution < -0.4 is 5.32 Å². The number of nitro groups is 1. The van der Waals surface area contributed by atoms with E-state index in [9.17, 15) is 14.9 Å². The van der Waals surface area contributed by atoms with E-state index in [1.165, 1.54) is 36.4 Å². The third-order valence-electron chi connectivity index (χ3n) is 3.20. The number of nitro benzene ring substituents is 1. The lowest BCUT2D eigenvalue weighted by atomic mass is 10.1. The highest BCUT2D eigenvalue weighted by Crippen LogP contribution is 2.24. The van der Waals surface area contributed by atoms with Gasteiger partial charge in [-0.25, -0.2) is 0 Å². The fraction of sp³-hybridized carbons (Fsp3) is 0.133. The number of carbonyl (C=O) groups excluding carboxylic acids is 1. The molecule has 0 radical (unpaired) electrons. The number of amidine groups is 1. The van der Waals surface area contributed by atoms with Crippen LogP contribution >= 0.6 is 11.8 Å². The summed E-state index contributed by atoms with van der Waals surface area (Å²) in [4.78, 5) is 22.3. The molecule has 0 aliphatic carbocycles. The molecule has 1 atom stereocenters. The molecule has 1 unspecified atom stereocenters. The van der Waals surface area contributed by atoms with Gasteiger partial charge in [0.15, 0.2) is 5.17 Å². The van der Waals surface area contributed by atoms with Gasteiger partial charge in [0.1, 0.15) is 5.76 Å². The molecule has 0 saturated carbocycles. The van der Waals surface area contributed by atoms with E-state index >= 15 is 0 Å². The van der Waals surface area contributed by atoms with Crippen LogP contribution in [0.25, 0.3) is 0 Å². The third kappa shape index (κ3) is 3.87. The molecular formula is C15H12N4O4S. The van der Waals surface area contributed by atoms with Crippen LogP contribution in [0.4, 0.5) is 5.69 Å². The fourth-order valence-electron chi connectivity index (χ4n) is 2.10. The van der Waals surface area contributed by atoms with Gasteiger partial charge >= 0.3 is 0 Å². The van der Waals surface area contributed by atoms with Crippen molar-refractivity contribution in [2.45, 2.75) is 11.7 Å². The molecule has 1 aliphatic rings. The number of thioether (sulfide) groups is 1. The van der Waals surface area contributed by atoms with Crippen molar-refractivity contribution in [1.82, 2.24) is 5.32 Å². The van der Waals surface area contributed by atoms with Crippen LogP contribution in [-0.4, -0.2) is 27.5 Å². The highest BCUT2D eigenvalue weighted by molar-refractivity contribution is 8.15. The Morgan fingerprint density at radius 1 is 1.38 bits per heavy atom. The summed E-state index contributed by atoms with van der Waals surface area (Å²) in [6.07, 6.45) is 3.34. The lowest BCUT2D eigenvalue weighted by Crippen LogP contribution is -2.25. The zero-order valence-electron chi connectivity index (χ0n) is 12.3. The largest absolute Gasteiger partial charge is 0.463 e. The van der Waals surface area contributed by atoms with E-state index in [0.29, 0.717) is 17.3 Å². The number of rotatable bonds is 5. The zero-order valence-corrected chi connectivity index (χ0v) is 13.1. The molecule has 1 N–H and O–H groups in total. The number of hydrogen-bond donors (Lipinski definition) is 1. The first-order chi connectivity index (χ1) is 11.6. The van der Waals surface area contributed by atoms with Crippen molar-refractivity contribution in [1.29, 1.82) is 0 Å². The second kappa shape index (κ2) is 7.09. The maximum Gasteiger partial charge on any atom is 0.269 e. The summed E-state index contributed by atoms with van der Waals surface area (Å²) in [6, 6.07) is 9.71. The van der Waals surface area contributed by atoms with E-state index in [2.05, 4.69) is 15.5 Å². The number of nitrogens with one attached hydrogen (secondary N) is 1. The molecule has 0 spiro atoms. The number of furan rings is 1. The van der Waals surface area contributed by atoms with Crippen LogP contribution in [0.2, 0.25) is 0 Å². The van der Waals surface area contributed by atoms with E-state index < -0.39 is 10.2 Å². The molecule has 1 amide bonds. The maximum atomic E-state index is 12.0. The van der Waals surface area contributed by atoms with Crippen molar-refractivity contribution in [3.8, 4) is 0 Å². The molecule has 1 saturated heterocycles. The summed E-state index contributed by atoms with van der Waals surface area (Å²) in [6.45, 7) is 0. The van der Waals surface area contributed by atoms with Crippen molar-refractivity contribution >= 4 is 34.7 Å². The number of benzene rings is 1. The van der Waals surface area contributed by atoms with E-state index in [1.807, 2.05) is 0 Å². The predicted molar refractivity (Wildman–Crippen MR) is 90.1 cm³/mol. The standard InChI is InChI=1S/C15H12N4O4S/c20-14-13(8-10-3-1-4-11(7-10)19(21)22)24-15(17-14)18-16-9-12-5-2-6-23-12/h1-7,9,13H,8H2,(H,17,18,20)/b16-9-. The molecule has 24 heavy (non-hydrogen) atoms. The van der Waals surface area contributed by atoms with E-state index in [4.69, 9.17) is 4.42 Å². The molecule has 9 heteroatoms. The second-order valence-electron chi connectivity index (χ2n) is 4.89. The highest BCUT2D eigenvalue weighted by atomic mass is 32.2. The summed E-state index contributed by atoms with van der Waals surface area (Å²) in [5.74, 6) is 0.361. The summed E-state index contributed by atoms with van der Waals surface area (Å²) in [5.41, 5.74) is 0.727. The monoisotopic (exact) mass is 344 g/mol. The number of hydrogen-bond acceptors (Lipinski definition) is 7. The molecule has 8 nitrogen and oxygen atoms in total. The Bertz CT molecular complexity index is 817. The van der Waals surface area contributed by atoms with E-state index in [-0.39, 0.29) is 11.6 Å². The van der Waals surface area contributed by atoms with Crippen molar-refractivity contribution < 1.29 is 14.1 Å². The Morgan fingerprint density at radius 2 is 2.25 bits per heavy atom. The quantitative estimate of drug-likeness (QED) is 0.508. The van der Waals surface area contributed by atoms with Crippen LogP contribution in [0.1, 0.15) is 11.3 Å². The van der Waals surface area contributed by atoms with Crippen molar-refractivity contribution in [3.63, 3.8) is 0 Å². The fourth-order valence-corrected chi connectivity index (χ4v) is 3.07. The third-order valence-corrected chi connectivity index (χ3v) is 4.27. The lowest BCUT2D eigenvalue weighted by molar-refractivity contribution is -0.384. The van der Waals surface area contributed by atoms with Crippen molar-refractivity contribution in [2.24, 2.45) is 10.2 Å². The van der Waals surface area contributed by atoms with Gasteiger partial charge < -0.3 is 9.73 Å². The minimum atomic E-state index is -0.457. The SMILES string of the molecule is O=C1N/C(=N\N=C/c2ccco2)SC1Cc1cccc([N+](=O)[O-])c1. The Kier molecular flexibility index (Phi) is 4.71. The molecular weight excluding hydrogens is 332 g/mol. The van der Waals surface area contributed by atoms with Gasteiger partial charge in [-0.3, -0.25) is 14.9 Å². The molecule has 0 bridgehead atoms. The summed E-state index contributed by atoms with van der Waals surface area (Å²) in [7, 11) is 0. The lowest BCUT2D eigenvalue weighted by Gasteiger charge is -2.04. The van der Waals surface area contributed by atoms with Crippen LogP contribution in [0, 0.1) is 10.1 Å². The first-order valence-corrected chi connectivity index (χ1v) is 7.85. The van der Waals surface area contributed by atoms with Crippen LogP contribution in [0.3, 0.4) is 0 Å². The van der Waals surface area contributed by atoms with E-state index in [0.717, 1.165) is 5.56 Å². The average molecular weight is 344 g/mol. The molecule has 1 aliphatic heterocycles. The smallest absolute Gasteiger partial charge is 0.269 e. The number of non-ortho nitro benzene ring substituents is 1. The van der Waals surface area contributed by atoms with E-state index in [1.54, 1.807) is 24.3 Å². The number of nitrogens with zero attached hydrogens (tertiary/aromatic N) is 3. The first kappa shape index (κ1) is 15.9. The molecule has 1 aromatic carbocycles. The minimum Gasteiger partial charge on any atom is -0.463 e. The molecule has 2 heterocycles. The molecule has 1 fully saturated rings. The van der Waals surface area contributed by atoms with Gasteiger partial charge in [-0.2, -0.15) is 5.10 Å². The zero-order chi connectivity index (χ0) is 16.9. The number of amides is 1. The van der Waals surface area contributed by atoms with Crippen LogP contribution in [0.15, 0.2) is 57.3 Å². The normalized spacial score (nSPS) is 19.1. The summed E-state index contributed by atoms with van der Waals surface area (Å²) >= 11 is 1.24. The van der Waals surface area contributed by atoms with Crippen LogP contribution in [-0.2, 0) is 11.2 Å². The predicted octanol–water partition coefficient (Wildman–Crippen LogP) is 2.35. The van der Waals surface area contributed by atoms with Gasteiger partial charge in [-0.15, -0.1) is 5.10 Å². The molecule has 122 valence electrons. The maximum absolute atomic E-state index is 12.0. The highest BCUT2D eigenvalue weighted by Gasteiger charge is 2.30. The molecule has 2 aromatic rings. The Labute approximate surface area is 140 Å². The van der Waals surface area contributed by atoms with Gasteiger partial charge in [-0.1, -0.05) is 23.9 Å². The van der Waals surface area contributed by atoms with Gasteiger partial charge in [-0.05, 0) is 24.1 Å². The Hall–Kier alpha value is -2.94. The molecule has 3 rings (SSSR count). The second-order valence-corrected chi connectivity index (χ2v) is 6.08. The van der Waals surface area contributed by atoms with Crippen molar-refractivity contribution in [2.75, 3.05) is 0 Å². The Morgan fingerprint density at radius 3 is 3.00 bits per heavy atom. The van der Waals surface area contributed by atoms with Gasteiger partial charge in [0.2, 0.25) is 5.91 Å². The minimum absolute atomic E-state index is 0.00726. The average Bonchev–Trinajstić information content (AvgIpc) is 3.18. The van der Waals surface area contributed by atoms with Gasteiger partial charge in [0.05, 0.1) is 22.7 Å². The van der Waals surface area contributed by atoms with Crippen LogP contribution in [0.5, 0.6) is 0 Å². The topological polar surface area (TPSA) is 110 Å².